The van der Waals surface area contributed by atoms with E-state index < -0.39 is 0 Å². The first-order valence-corrected chi connectivity index (χ1v) is 7.60. The molecular weight excluding hydrogens is 260 g/mol. The lowest BCUT2D eigenvalue weighted by atomic mass is 10.00. The Bertz CT molecular complexity index is 589. The lowest BCUT2D eigenvalue weighted by Crippen LogP contribution is -2.24. The molecule has 2 N–H and O–H groups in total. The molecule has 0 aliphatic rings. The van der Waals surface area contributed by atoms with Gasteiger partial charge in [-0.15, -0.1) is 0 Å². The van der Waals surface area contributed by atoms with Crippen molar-refractivity contribution in [3.05, 3.63) is 53.0 Å². The molecule has 0 aliphatic heterocycles. The number of nitrogens with two attached hydrogens (primary N) is 1. The van der Waals surface area contributed by atoms with Crippen molar-refractivity contribution in [1.29, 1.82) is 0 Å². The van der Waals surface area contributed by atoms with Crippen LogP contribution in [0.4, 0.5) is 5.69 Å². The van der Waals surface area contributed by atoms with Gasteiger partial charge in [0.05, 0.1) is 6.26 Å². The van der Waals surface area contributed by atoms with E-state index in [9.17, 15) is 0 Å². The molecule has 1 aromatic carbocycles. The molecule has 1 heterocycles. The number of nitrogens with zero attached hydrogens (tertiary/aromatic N) is 1. The Kier molecular flexibility index (Phi) is 5.07. The van der Waals surface area contributed by atoms with Crippen molar-refractivity contribution in [2.45, 2.75) is 46.2 Å². The third-order valence-corrected chi connectivity index (χ3v) is 4.03. The van der Waals surface area contributed by atoms with Gasteiger partial charge in [0.15, 0.2) is 0 Å². The minimum atomic E-state index is 0.217. The number of hydrogen-bond donors (Lipinski definition) is 1. The quantitative estimate of drug-likeness (QED) is 0.878. The average Bonchev–Trinajstić information content (AvgIpc) is 2.84. The lowest BCUT2D eigenvalue weighted by Gasteiger charge is -2.24. The van der Waals surface area contributed by atoms with Gasteiger partial charge in [-0.3, -0.25) is 0 Å². The Morgan fingerprint density at radius 3 is 2.57 bits per heavy atom. The van der Waals surface area contributed by atoms with Crippen molar-refractivity contribution >= 4 is 5.69 Å². The summed E-state index contributed by atoms with van der Waals surface area (Å²) < 4.78 is 5.39. The van der Waals surface area contributed by atoms with Crippen LogP contribution in [0.5, 0.6) is 0 Å². The Morgan fingerprint density at radius 2 is 1.95 bits per heavy atom. The topological polar surface area (TPSA) is 42.4 Å². The SMILES string of the molecule is CCC(N)Cc1cc(C)ccc1N(C)Cc1ccoc1C. The zero-order valence-corrected chi connectivity index (χ0v) is 13.5. The molecule has 2 aromatic rings. The second-order valence-electron chi connectivity index (χ2n) is 5.86. The van der Waals surface area contributed by atoms with Gasteiger partial charge in [-0.1, -0.05) is 24.6 Å². The maximum Gasteiger partial charge on any atom is 0.105 e. The van der Waals surface area contributed by atoms with E-state index in [1.165, 1.54) is 22.4 Å². The monoisotopic (exact) mass is 286 g/mol. The predicted octanol–water partition coefficient (Wildman–Crippen LogP) is 3.81. The van der Waals surface area contributed by atoms with E-state index in [0.29, 0.717) is 0 Å². The summed E-state index contributed by atoms with van der Waals surface area (Å²) in [6.07, 6.45) is 3.67. The molecule has 0 spiro atoms. The van der Waals surface area contributed by atoms with Crippen LogP contribution in [0, 0.1) is 13.8 Å². The minimum Gasteiger partial charge on any atom is -0.469 e. The molecule has 1 atom stereocenters. The fourth-order valence-corrected chi connectivity index (χ4v) is 2.59. The molecule has 0 saturated carbocycles. The summed E-state index contributed by atoms with van der Waals surface area (Å²) in [4.78, 5) is 2.27. The average molecular weight is 286 g/mol. The molecule has 0 amide bonds. The van der Waals surface area contributed by atoms with E-state index in [4.69, 9.17) is 10.2 Å². The third-order valence-electron chi connectivity index (χ3n) is 4.03. The standard InChI is InChI=1S/C18H26N2O/c1-5-17(19)11-16-10-13(2)6-7-18(16)20(4)12-15-8-9-21-14(15)3/h6-10,17H,5,11-12,19H2,1-4H3. The molecule has 0 bridgehead atoms. The van der Waals surface area contributed by atoms with Crippen LogP contribution in [0.25, 0.3) is 0 Å². The summed E-state index contributed by atoms with van der Waals surface area (Å²) in [5, 5.41) is 0. The van der Waals surface area contributed by atoms with Gasteiger partial charge in [0.25, 0.3) is 0 Å². The summed E-state index contributed by atoms with van der Waals surface area (Å²) in [6, 6.07) is 8.87. The normalized spacial score (nSPS) is 12.4. The summed E-state index contributed by atoms with van der Waals surface area (Å²) in [6.45, 7) is 7.12. The van der Waals surface area contributed by atoms with Crippen molar-refractivity contribution < 1.29 is 4.42 Å². The molecule has 0 fully saturated rings. The van der Waals surface area contributed by atoms with Crippen molar-refractivity contribution in [2.75, 3.05) is 11.9 Å². The van der Waals surface area contributed by atoms with Crippen molar-refractivity contribution in [3.8, 4) is 0 Å². The van der Waals surface area contributed by atoms with Crippen molar-refractivity contribution in [3.63, 3.8) is 0 Å². The number of benzene rings is 1. The Morgan fingerprint density at radius 1 is 1.19 bits per heavy atom. The number of anilines is 1. The van der Waals surface area contributed by atoms with E-state index >= 15 is 0 Å². The maximum absolute atomic E-state index is 6.15. The van der Waals surface area contributed by atoms with Gasteiger partial charge in [0.1, 0.15) is 5.76 Å². The first kappa shape index (κ1) is 15.6. The highest BCUT2D eigenvalue weighted by Crippen LogP contribution is 2.25. The molecule has 2 rings (SSSR count). The highest BCUT2D eigenvalue weighted by atomic mass is 16.3. The lowest BCUT2D eigenvalue weighted by molar-refractivity contribution is 0.529. The molecule has 0 saturated heterocycles. The second-order valence-corrected chi connectivity index (χ2v) is 5.86. The third kappa shape index (κ3) is 3.88. The van der Waals surface area contributed by atoms with Crippen molar-refractivity contribution in [2.24, 2.45) is 5.73 Å². The number of furan rings is 1. The molecule has 3 nitrogen and oxygen atoms in total. The fourth-order valence-electron chi connectivity index (χ4n) is 2.59. The zero-order valence-electron chi connectivity index (χ0n) is 13.5. The minimum absolute atomic E-state index is 0.217. The summed E-state index contributed by atoms with van der Waals surface area (Å²) in [5.74, 6) is 0.987. The molecule has 1 aromatic heterocycles. The summed E-state index contributed by atoms with van der Waals surface area (Å²) >= 11 is 0. The summed E-state index contributed by atoms with van der Waals surface area (Å²) in [7, 11) is 2.12. The molecule has 114 valence electrons. The molecule has 21 heavy (non-hydrogen) atoms. The van der Waals surface area contributed by atoms with Crippen LogP contribution in [0.2, 0.25) is 0 Å². The largest absolute Gasteiger partial charge is 0.469 e. The van der Waals surface area contributed by atoms with Gasteiger partial charge < -0.3 is 15.1 Å². The predicted molar refractivity (Wildman–Crippen MR) is 88.7 cm³/mol. The van der Waals surface area contributed by atoms with Crippen LogP contribution >= 0.6 is 0 Å². The first-order valence-electron chi connectivity index (χ1n) is 7.60. The molecule has 1 unspecified atom stereocenters. The summed E-state index contributed by atoms with van der Waals surface area (Å²) in [5.41, 5.74) is 11.2. The molecular formula is C18H26N2O. The van der Waals surface area contributed by atoms with E-state index in [2.05, 4.69) is 44.0 Å². The highest BCUT2D eigenvalue weighted by Gasteiger charge is 2.12. The van der Waals surface area contributed by atoms with E-state index in [-0.39, 0.29) is 6.04 Å². The molecule has 0 radical (unpaired) electrons. The van der Waals surface area contributed by atoms with Crippen molar-refractivity contribution in [1.82, 2.24) is 0 Å². The second kappa shape index (κ2) is 6.81. The van der Waals surface area contributed by atoms with Gasteiger partial charge in [0.2, 0.25) is 0 Å². The van der Waals surface area contributed by atoms with Gasteiger partial charge >= 0.3 is 0 Å². The van der Waals surface area contributed by atoms with Crippen LogP contribution in [0.15, 0.2) is 34.9 Å². The highest BCUT2D eigenvalue weighted by molar-refractivity contribution is 5.55. The van der Waals surface area contributed by atoms with E-state index in [0.717, 1.165) is 25.1 Å². The van der Waals surface area contributed by atoms with Gasteiger partial charge in [0, 0.05) is 30.9 Å². The van der Waals surface area contributed by atoms with Crippen LogP contribution < -0.4 is 10.6 Å². The smallest absolute Gasteiger partial charge is 0.105 e. The number of hydrogen-bond acceptors (Lipinski definition) is 3. The van der Waals surface area contributed by atoms with Crippen LogP contribution in [0.3, 0.4) is 0 Å². The van der Waals surface area contributed by atoms with Gasteiger partial charge in [-0.05, 0) is 44.4 Å². The van der Waals surface area contributed by atoms with E-state index in [1.807, 2.05) is 13.0 Å². The first-order chi connectivity index (χ1) is 10.0. The van der Waals surface area contributed by atoms with Crippen LogP contribution in [0.1, 0.15) is 35.8 Å². The zero-order chi connectivity index (χ0) is 15.4. The maximum atomic E-state index is 6.15. The Balaban J connectivity index is 2.23. The molecule has 3 heteroatoms. The Hall–Kier alpha value is -1.74. The molecule has 0 aliphatic carbocycles. The van der Waals surface area contributed by atoms with Gasteiger partial charge in [-0.25, -0.2) is 0 Å². The van der Waals surface area contributed by atoms with Crippen LogP contribution in [-0.2, 0) is 13.0 Å². The van der Waals surface area contributed by atoms with E-state index in [1.54, 1.807) is 6.26 Å². The fraction of sp³-hybridized carbons (Fsp3) is 0.444. The van der Waals surface area contributed by atoms with Crippen LogP contribution in [-0.4, -0.2) is 13.1 Å². The van der Waals surface area contributed by atoms with Gasteiger partial charge in [-0.2, -0.15) is 0 Å². The number of aryl methyl sites for hydroxylation is 2. The Labute approximate surface area is 127 Å². The number of rotatable bonds is 6.